The molecule has 5 heteroatoms. The van der Waals surface area contributed by atoms with Crippen molar-refractivity contribution in [3.05, 3.63) is 22.3 Å². The first-order valence-corrected chi connectivity index (χ1v) is 8.14. The van der Waals surface area contributed by atoms with E-state index in [1.54, 1.807) is 0 Å². The highest BCUT2D eigenvalue weighted by Gasteiger charge is 2.21. The summed E-state index contributed by atoms with van der Waals surface area (Å²) in [6, 6.07) is 2.13. The molecule has 4 nitrogen and oxygen atoms in total. The zero-order valence-corrected chi connectivity index (χ0v) is 13.9. The van der Waals surface area contributed by atoms with Gasteiger partial charge in [-0.1, -0.05) is 6.92 Å². The number of halogens is 1. The van der Waals surface area contributed by atoms with Crippen LogP contribution in [0.5, 0.6) is 0 Å². The minimum absolute atomic E-state index is 0.769. The summed E-state index contributed by atoms with van der Waals surface area (Å²) >= 11 is 3.49. The van der Waals surface area contributed by atoms with Gasteiger partial charge in [-0.2, -0.15) is 0 Å². The van der Waals surface area contributed by atoms with Gasteiger partial charge in [0.25, 0.3) is 0 Å². The van der Waals surface area contributed by atoms with Crippen molar-refractivity contribution in [3.8, 4) is 0 Å². The molecule has 0 unspecified atom stereocenters. The summed E-state index contributed by atoms with van der Waals surface area (Å²) in [6.45, 7) is 6.48. The molecular formula is C15H24BrN3O. The molecule has 0 aliphatic heterocycles. The largest absolute Gasteiger partial charge is 0.379 e. The van der Waals surface area contributed by atoms with Crippen molar-refractivity contribution in [1.82, 2.24) is 10.3 Å². The Morgan fingerprint density at radius 2 is 2.30 bits per heavy atom. The average Bonchev–Trinajstić information content (AvgIpc) is 3.25. The van der Waals surface area contributed by atoms with Gasteiger partial charge in [-0.3, -0.25) is 0 Å². The minimum atomic E-state index is 0.769. The van der Waals surface area contributed by atoms with Gasteiger partial charge in [-0.25, -0.2) is 4.98 Å². The van der Waals surface area contributed by atoms with Crippen LogP contribution in [0.25, 0.3) is 0 Å². The zero-order chi connectivity index (χ0) is 14.4. The predicted octanol–water partition coefficient (Wildman–Crippen LogP) is 2.82. The third kappa shape index (κ3) is 5.04. The van der Waals surface area contributed by atoms with E-state index < -0.39 is 0 Å². The molecule has 0 amide bonds. The molecule has 1 aliphatic carbocycles. The molecule has 112 valence electrons. The predicted molar refractivity (Wildman–Crippen MR) is 86.1 cm³/mol. The van der Waals surface area contributed by atoms with Gasteiger partial charge in [0.2, 0.25) is 0 Å². The highest BCUT2D eigenvalue weighted by Crippen LogP contribution is 2.28. The van der Waals surface area contributed by atoms with Crippen LogP contribution in [-0.4, -0.2) is 38.3 Å². The molecule has 1 aliphatic rings. The van der Waals surface area contributed by atoms with Gasteiger partial charge in [-0.15, -0.1) is 0 Å². The first-order valence-electron chi connectivity index (χ1n) is 7.34. The zero-order valence-electron chi connectivity index (χ0n) is 12.4. The van der Waals surface area contributed by atoms with Gasteiger partial charge in [0.1, 0.15) is 5.82 Å². The second kappa shape index (κ2) is 7.96. The summed E-state index contributed by atoms with van der Waals surface area (Å²) in [5, 5.41) is 3.36. The summed E-state index contributed by atoms with van der Waals surface area (Å²) in [6.07, 6.45) is 4.54. The fourth-order valence-electron chi connectivity index (χ4n) is 2.05. The lowest BCUT2D eigenvalue weighted by molar-refractivity contribution is 0.130. The molecular weight excluding hydrogens is 318 g/mol. The second-order valence-corrected chi connectivity index (χ2v) is 6.27. The van der Waals surface area contributed by atoms with Gasteiger partial charge >= 0.3 is 0 Å². The topological polar surface area (TPSA) is 37.4 Å². The van der Waals surface area contributed by atoms with Crippen LogP contribution in [0.4, 0.5) is 5.82 Å². The van der Waals surface area contributed by atoms with E-state index in [0.717, 1.165) is 49.1 Å². The summed E-state index contributed by atoms with van der Waals surface area (Å²) in [5.41, 5.74) is 1.21. The Bertz CT molecular complexity index is 424. The van der Waals surface area contributed by atoms with Crippen LogP contribution in [0, 0.1) is 5.92 Å². The maximum Gasteiger partial charge on any atom is 0.132 e. The molecule has 0 radical (unpaired) electrons. The molecule has 1 fully saturated rings. The number of pyridine rings is 1. The van der Waals surface area contributed by atoms with E-state index in [2.05, 4.69) is 51.2 Å². The molecule has 0 spiro atoms. The molecule has 1 heterocycles. The monoisotopic (exact) mass is 341 g/mol. The lowest BCUT2D eigenvalue weighted by atomic mass is 10.2. The fourth-order valence-corrected chi connectivity index (χ4v) is 2.43. The Kier molecular flexibility index (Phi) is 6.26. The van der Waals surface area contributed by atoms with Crippen LogP contribution < -0.4 is 10.2 Å². The smallest absolute Gasteiger partial charge is 0.132 e. The first kappa shape index (κ1) is 15.7. The Balaban J connectivity index is 1.87. The maximum absolute atomic E-state index is 5.70. The molecule has 1 aromatic heterocycles. The fraction of sp³-hybridized carbons (Fsp3) is 0.667. The van der Waals surface area contributed by atoms with E-state index in [1.165, 1.54) is 18.4 Å². The lowest BCUT2D eigenvalue weighted by Gasteiger charge is -2.21. The third-order valence-corrected chi connectivity index (χ3v) is 3.89. The van der Waals surface area contributed by atoms with E-state index in [4.69, 9.17) is 4.74 Å². The molecule has 1 saturated carbocycles. The number of hydrogen-bond donors (Lipinski definition) is 1. The third-order valence-electron chi connectivity index (χ3n) is 3.46. The van der Waals surface area contributed by atoms with Crippen LogP contribution in [0.15, 0.2) is 16.7 Å². The summed E-state index contributed by atoms with van der Waals surface area (Å²) < 4.78 is 6.72. The number of likely N-dealkylation sites (N-methyl/N-ethyl adjacent to an activating group) is 1. The van der Waals surface area contributed by atoms with E-state index >= 15 is 0 Å². The van der Waals surface area contributed by atoms with Crippen molar-refractivity contribution in [3.63, 3.8) is 0 Å². The number of hydrogen-bond acceptors (Lipinski definition) is 4. The van der Waals surface area contributed by atoms with Gasteiger partial charge in [0.05, 0.1) is 6.61 Å². The number of aromatic nitrogens is 1. The summed E-state index contributed by atoms with van der Waals surface area (Å²) in [7, 11) is 2.08. The number of anilines is 1. The number of rotatable bonds is 9. The van der Waals surface area contributed by atoms with Crippen LogP contribution in [0.1, 0.15) is 25.3 Å². The van der Waals surface area contributed by atoms with Crippen molar-refractivity contribution >= 4 is 21.7 Å². The molecule has 1 N–H and O–H groups in total. The van der Waals surface area contributed by atoms with E-state index in [9.17, 15) is 0 Å². The standard InChI is InChI=1S/C15H24BrN3O/c1-3-17-9-13-8-14(16)10-18-15(13)19(2)6-7-20-11-12-4-5-12/h8,10,12,17H,3-7,9,11H2,1-2H3. The maximum atomic E-state index is 5.70. The van der Waals surface area contributed by atoms with Crippen LogP contribution in [-0.2, 0) is 11.3 Å². The van der Waals surface area contributed by atoms with Gasteiger partial charge in [-0.05, 0) is 47.3 Å². The van der Waals surface area contributed by atoms with Crippen molar-refractivity contribution < 1.29 is 4.74 Å². The van der Waals surface area contributed by atoms with E-state index in [-0.39, 0.29) is 0 Å². The minimum Gasteiger partial charge on any atom is -0.379 e. The number of nitrogens with one attached hydrogen (secondary N) is 1. The molecule has 0 aromatic carbocycles. The molecule has 0 saturated heterocycles. The van der Waals surface area contributed by atoms with Crippen molar-refractivity contribution in [2.24, 2.45) is 5.92 Å². The van der Waals surface area contributed by atoms with Crippen LogP contribution in [0.2, 0.25) is 0 Å². The highest BCUT2D eigenvalue weighted by molar-refractivity contribution is 9.10. The Hall–Kier alpha value is -0.650. The van der Waals surface area contributed by atoms with Crippen LogP contribution >= 0.6 is 15.9 Å². The highest BCUT2D eigenvalue weighted by atomic mass is 79.9. The lowest BCUT2D eigenvalue weighted by Crippen LogP contribution is -2.26. The quantitative estimate of drug-likeness (QED) is 0.701. The summed E-state index contributed by atoms with van der Waals surface area (Å²) in [4.78, 5) is 6.71. The van der Waals surface area contributed by atoms with E-state index in [0.29, 0.717) is 0 Å². The van der Waals surface area contributed by atoms with Crippen molar-refractivity contribution in [2.75, 3.05) is 38.3 Å². The van der Waals surface area contributed by atoms with Crippen molar-refractivity contribution in [2.45, 2.75) is 26.3 Å². The Morgan fingerprint density at radius 1 is 1.50 bits per heavy atom. The first-order chi connectivity index (χ1) is 9.70. The van der Waals surface area contributed by atoms with Gasteiger partial charge in [0, 0.05) is 43.0 Å². The summed E-state index contributed by atoms with van der Waals surface area (Å²) in [5.74, 6) is 1.86. The van der Waals surface area contributed by atoms with Crippen LogP contribution in [0.3, 0.4) is 0 Å². The molecule has 1 aromatic rings. The molecule has 0 atom stereocenters. The van der Waals surface area contributed by atoms with Gasteiger partial charge < -0.3 is 15.0 Å². The normalized spacial score (nSPS) is 14.6. The molecule has 2 rings (SSSR count). The number of nitrogens with zero attached hydrogens (tertiary/aromatic N) is 2. The molecule has 0 bridgehead atoms. The van der Waals surface area contributed by atoms with Crippen molar-refractivity contribution in [1.29, 1.82) is 0 Å². The Morgan fingerprint density at radius 3 is 3.00 bits per heavy atom. The second-order valence-electron chi connectivity index (χ2n) is 5.36. The number of ether oxygens (including phenoxy) is 1. The SMILES string of the molecule is CCNCc1cc(Br)cnc1N(C)CCOCC1CC1. The van der Waals surface area contributed by atoms with E-state index in [1.807, 2.05) is 6.20 Å². The Labute approximate surface area is 130 Å². The average molecular weight is 342 g/mol. The molecule has 20 heavy (non-hydrogen) atoms. The van der Waals surface area contributed by atoms with Gasteiger partial charge in [0.15, 0.2) is 0 Å².